The number of methoxy groups -OCH3 is 1. The lowest BCUT2D eigenvalue weighted by Gasteiger charge is -2.13. The minimum Gasteiger partial charge on any atom is -0.493 e. The number of nitrogens with one attached hydrogen (secondary N) is 2. The van der Waals surface area contributed by atoms with Crippen molar-refractivity contribution in [2.45, 2.75) is 45.8 Å². The van der Waals surface area contributed by atoms with Gasteiger partial charge in [0.2, 0.25) is 0 Å². The van der Waals surface area contributed by atoms with Gasteiger partial charge in [-0.25, -0.2) is 4.99 Å². The minimum absolute atomic E-state index is 0. The molecule has 1 aliphatic heterocycles. The molecule has 166 valence electrons. The van der Waals surface area contributed by atoms with Crippen molar-refractivity contribution in [2.75, 3.05) is 46.6 Å². The molecule has 1 aromatic carbocycles. The summed E-state index contributed by atoms with van der Waals surface area (Å²) in [5, 5.41) is 6.62. The molecule has 1 saturated heterocycles. The quantitative estimate of drug-likeness (QED) is 0.190. The van der Waals surface area contributed by atoms with Crippen LogP contribution in [0.3, 0.4) is 0 Å². The van der Waals surface area contributed by atoms with Crippen molar-refractivity contribution >= 4 is 29.9 Å². The van der Waals surface area contributed by atoms with Crippen LogP contribution >= 0.6 is 24.0 Å². The summed E-state index contributed by atoms with van der Waals surface area (Å²) in [4.78, 5) is 4.65. The molecule has 0 bridgehead atoms. The lowest BCUT2D eigenvalue weighted by atomic mass is 10.2. The second kappa shape index (κ2) is 15.6. The molecule has 2 rings (SSSR count). The zero-order valence-corrected chi connectivity index (χ0v) is 20.2. The Kier molecular flexibility index (Phi) is 13.8. The van der Waals surface area contributed by atoms with E-state index in [0.29, 0.717) is 19.8 Å². The molecule has 1 atom stereocenters. The van der Waals surface area contributed by atoms with Crippen molar-refractivity contribution in [3.05, 3.63) is 23.8 Å². The van der Waals surface area contributed by atoms with Gasteiger partial charge in [0.15, 0.2) is 17.5 Å². The third-order valence-electron chi connectivity index (χ3n) is 4.38. The maximum absolute atomic E-state index is 5.69. The molecule has 0 spiro atoms. The molecule has 0 aliphatic carbocycles. The van der Waals surface area contributed by atoms with E-state index in [4.69, 9.17) is 18.9 Å². The Morgan fingerprint density at radius 3 is 2.79 bits per heavy atom. The van der Waals surface area contributed by atoms with Gasteiger partial charge in [0, 0.05) is 26.3 Å². The second-order valence-electron chi connectivity index (χ2n) is 6.60. The highest BCUT2D eigenvalue weighted by Gasteiger charge is 2.14. The van der Waals surface area contributed by atoms with Crippen LogP contribution in [0.2, 0.25) is 0 Å². The Hall–Kier alpha value is -1.26. The average molecular weight is 521 g/mol. The summed E-state index contributed by atoms with van der Waals surface area (Å²) in [6.07, 6.45) is 3.48. The SMILES string of the molecule is CCNC(=NCc1ccc(OCC)c(OC)c1)NCCCOCC1CCCO1.I. The van der Waals surface area contributed by atoms with Crippen LogP contribution in [-0.2, 0) is 16.0 Å². The fraction of sp³-hybridized carbons (Fsp3) is 0.667. The first kappa shape index (κ1) is 25.8. The van der Waals surface area contributed by atoms with Crippen molar-refractivity contribution in [3.8, 4) is 11.5 Å². The first-order chi connectivity index (χ1) is 13.8. The van der Waals surface area contributed by atoms with Crippen LogP contribution in [0.25, 0.3) is 0 Å². The minimum atomic E-state index is 0. The topological polar surface area (TPSA) is 73.3 Å². The lowest BCUT2D eigenvalue weighted by molar-refractivity contribution is 0.0168. The number of hydrogen-bond donors (Lipinski definition) is 2. The molecule has 1 aromatic rings. The third-order valence-corrected chi connectivity index (χ3v) is 4.38. The Morgan fingerprint density at radius 2 is 2.10 bits per heavy atom. The normalized spacial score (nSPS) is 16.2. The highest BCUT2D eigenvalue weighted by molar-refractivity contribution is 14.0. The van der Waals surface area contributed by atoms with E-state index in [0.717, 1.165) is 68.6 Å². The van der Waals surface area contributed by atoms with E-state index < -0.39 is 0 Å². The second-order valence-corrected chi connectivity index (χ2v) is 6.60. The van der Waals surface area contributed by atoms with Crippen LogP contribution in [0.4, 0.5) is 0 Å². The van der Waals surface area contributed by atoms with Gasteiger partial charge < -0.3 is 29.6 Å². The molecule has 29 heavy (non-hydrogen) atoms. The number of rotatable bonds is 12. The summed E-state index contributed by atoms with van der Waals surface area (Å²) in [5.41, 5.74) is 1.07. The number of halogens is 1. The van der Waals surface area contributed by atoms with E-state index in [1.165, 1.54) is 0 Å². The first-order valence-electron chi connectivity index (χ1n) is 10.3. The number of benzene rings is 1. The maximum Gasteiger partial charge on any atom is 0.191 e. The molecule has 0 radical (unpaired) electrons. The Bertz CT molecular complexity index is 595. The molecular formula is C21H36IN3O4. The molecule has 1 aliphatic rings. The molecule has 2 N–H and O–H groups in total. The van der Waals surface area contributed by atoms with Crippen LogP contribution in [0.15, 0.2) is 23.2 Å². The molecule has 1 heterocycles. The summed E-state index contributed by atoms with van der Waals surface area (Å²) < 4.78 is 22.2. The van der Waals surface area contributed by atoms with Crippen LogP contribution in [0.5, 0.6) is 11.5 Å². The molecule has 1 fully saturated rings. The van der Waals surface area contributed by atoms with E-state index in [-0.39, 0.29) is 30.1 Å². The predicted molar refractivity (Wildman–Crippen MR) is 127 cm³/mol. The zero-order valence-electron chi connectivity index (χ0n) is 17.9. The van der Waals surface area contributed by atoms with E-state index >= 15 is 0 Å². The first-order valence-corrected chi connectivity index (χ1v) is 10.3. The van der Waals surface area contributed by atoms with Crippen molar-refractivity contribution in [1.29, 1.82) is 0 Å². The number of ether oxygens (including phenoxy) is 4. The Morgan fingerprint density at radius 1 is 1.24 bits per heavy atom. The van der Waals surface area contributed by atoms with Crippen molar-refractivity contribution in [1.82, 2.24) is 10.6 Å². The van der Waals surface area contributed by atoms with Crippen LogP contribution in [0, 0.1) is 0 Å². The van der Waals surface area contributed by atoms with E-state index in [1.54, 1.807) is 7.11 Å². The Balaban J connectivity index is 0.00000420. The lowest BCUT2D eigenvalue weighted by Crippen LogP contribution is -2.38. The van der Waals surface area contributed by atoms with Crippen LogP contribution in [-0.4, -0.2) is 58.7 Å². The average Bonchev–Trinajstić information content (AvgIpc) is 3.23. The summed E-state index contributed by atoms with van der Waals surface area (Å²) in [6.45, 7) is 9.11. The predicted octanol–water partition coefficient (Wildman–Crippen LogP) is 3.35. The van der Waals surface area contributed by atoms with E-state index in [2.05, 4.69) is 22.5 Å². The molecular weight excluding hydrogens is 485 g/mol. The largest absolute Gasteiger partial charge is 0.493 e. The highest BCUT2D eigenvalue weighted by atomic mass is 127. The monoisotopic (exact) mass is 521 g/mol. The molecule has 0 saturated carbocycles. The highest BCUT2D eigenvalue weighted by Crippen LogP contribution is 2.28. The summed E-state index contributed by atoms with van der Waals surface area (Å²) >= 11 is 0. The molecule has 8 heteroatoms. The summed E-state index contributed by atoms with van der Waals surface area (Å²) in [5.74, 6) is 2.29. The van der Waals surface area contributed by atoms with Gasteiger partial charge >= 0.3 is 0 Å². The van der Waals surface area contributed by atoms with E-state index in [1.807, 2.05) is 25.1 Å². The number of aliphatic imine (C=N–C) groups is 1. The van der Waals surface area contributed by atoms with Crippen molar-refractivity contribution in [2.24, 2.45) is 4.99 Å². The number of hydrogen-bond acceptors (Lipinski definition) is 5. The summed E-state index contributed by atoms with van der Waals surface area (Å²) in [7, 11) is 1.65. The van der Waals surface area contributed by atoms with Crippen LogP contribution < -0.4 is 20.1 Å². The van der Waals surface area contributed by atoms with Gasteiger partial charge in [-0.15, -0.1) is 24.0 Å². The maximum atomic E-state index is 5.69. The fourth-order valence-electron chi connectivity index (χ4n) is 2.97. The van der Waals surface area contributed by atoms with Crippen LogP contribution in [0.1, 0.15) is 38.7 Å². The molecule has 1 unspecified atom stereocenters. The molecule has 0 aromatic heterocycles. The third kappa shape index (κ3) is 9.86. The van der Waals surface area contributed by atoms with Gasteiger partial charge in [-0.05, 0) is 50.8 Å². The van der Waals surface area contributed by atoms with Gasteiger partial charge in [0.25, 0.3) is 0 Å². The van der Waals surface area contributed by atoms with Gasteiger partial charge in [-0.1, -0.05) is 6.07 Å². The molecule has 7 nitrogen and oxygen atoms in total. The number of nitrogens with zero attached hydrogens (tertiary/aromatic N) is 1. The molecule has 0 amide bonds. The Labute approximate surface area is 191 Å². The standard InChI is InChI=1S/C21H35N3O4.HI/c1-4-22-21(23-11-7-12-26-16-18-8-6-13-28-18)24-15-17-9-10-19(27-5-2)20(14-17)25-3;/h9-10,14,18H,4-8,11-13,15-16H2,1-3H3,(H2,22,23,24);1H. The van der Waals surface area contributed by atoms with Gasteiger partial charge in [0.1, 0.15) is 0 Å². The zero-order chi connectivity index (χ0) is 20.0. The summed E-state index contributed by atoms with van der Waals surface area (Å²) in [6, 6.07) is 5.91. The van der Waals surface area contributed by atoms with Crippen molar-refractivity contribution < 1.29 is 18.9 Å². The smallest absolute Gasteiger partial charge is 0.191 e. The number of guanidine groups is 1. The fourth-order valence-corrected chi connectivity index (χ4v) is 2.97. The van der Waals surface area contributed by atoms with Gasteiger partial charge in [-0.3, -0.25) is 0 Å². The van der Waals surface area contributed by atoms with E-state index in [9.17, 15) is 0 Å². The van der Waals surface area contributed by atoms with Gasteiger partial charge in [0.05, 0.1) is 33.0 Å². The van der Waals surface area contributed by atoms with Crippen molar-refractivity contribution in [3.63, 3.8) is 0 Å². The van der Waals surface area contributed by atoms with Gasteiger partial charge in [-0.2, -0.15) is 0 Å².